The zero-order valence-corrected chi connectivity index (χ0v) is 11.9. The fourth-order valence-corrected chi connectivity index (χ4v) is 2.54. The third-order valence-electron chi connectivity index (χ3n) is 3.58. The van der Waals surface area contributed by atoms with Crippen LogP contribution in [-0.4, -0.2) is 34.8 Å². The van der Waals surface area contributed by atoms with Crippen molar-refractivity contribution in [1.29, 1.82) is 0 Å². The van der Waals surface area contributed by atoms with Gasteiger partial charge in [-0.3, -0.25) is 9.48 Å². The number of aromatic nitrogens is 2. The molecular formula is C14H24N4O. The monoisotopic (exact) mass is 264 g/mol. The zero-order chi connectivity index (χ0) is 13.7. The largest absolute Gasteiger partial charge is 0.355 e. The van der Waals surface area contributed by atoms with Gasteiger partial charge in [0, 0.05) is 18.8 Å². The average molecular weight is 264 g/mol. The second-order valence-corrected chi connectivity index (χ2v) is 5.30. The smallest absolute Gasteiger partial charge is 0.237 e. The molecule has 0 saturated carbocycles. The van der Waals surface area contributed by atoms with E-state index in [1.54, 1.807) is 0 Å². The van der Waals surface area contributed by atoms with Gasteiger partial charge in [-0.2, -0.15) is 5.10 Å². The van der Waals surface area contributed by atoms with Crippen molar-refractivity contribution in [3.8, 4) is 0 Å². The van der Waals surface area contributed by atoms with E-state index in [0.717, 1.165) is 51.0 Å². The van der Waals surface area contributed by atoms with Crippen molar-refractivity contribution < 1.29 is 4.79 Å². The van der Waals surface area contributed by atoms with E-state index in [1.165, 1.54) is 5.69 Å². The standard InChI is InChI=1S/C14H24N4O/c1-11-10-12(2)18(17-11)9-5-8-15-13-6-3-4-7-16-14(13)19/h10,13,15H,3-9H2,1-2H3,(H,16,19). The zero-order valence-electron chi connectivity index (χ0n) is 11.9. The molecule has 5 nitrogen and oxygen atoms in total. The maximum Gasteiger partial charge on any atom is 0.237 e. The predicted octanol–water partition coefficient (Wildman–Crippen LogP) is 1.15. The fraction of sp³-hybridized carbons (Fsp3) is 0.714. The van der Waals surface area contributed by atoms with Crippen LogP contribution in [0.5, 0.6) is 0 Å². The van der Waals surface area contributed by atoms with Crippen molar-refractivity contribution in [2.75, 3.05) is 13.1 Å². The van der Waals surface area contributed by atoms with Gasteiger partial charge in [-0.1, -0.05) is 0 Å². The molecule has 0 aliphatic carbocycles. The van der Waals surface area contributed by atoms with Gasteiger partial charge in [0.2, 0.25) is 5.91 Å². The molecule has 1 amide bonds. The van der Waals surface area contributed by atoms with Gasteiger partial charge in [0.25, 0.3) is 0 Å². The molecule has 1 aromatic heterocycles. The molecule has 19 heavy (non-hydrogen) atoms. The number of nitrogens with one attached hydrogen (secondary N) is 2. The Morgan fingerprint density at radius 2 is 2.32 bits per heavy atom. The van der Waals surface area contributed by atoms with Crippen LogP contribution in [0, 0.1) is 13.8 Å². The maximum absolute atomic E-state index is 11.7. The van der Waals surface area contributed by atoms with Gasteiger partial charge in [0.1, 0.15) is 0 Å². The Kier molecular flexibility index (Phi) is 4.96. The lowest BCUT2D eigenvalue weighted by Gasteiger charge is -2.15. The summed E-state index contributed by atoms with van der Waals surface area (Å²) in [6, 6.07) is 2.08. The molecule has 1 aliphatic rings. The van der Waals surface area contributed by atoms with Crippen LogP contribution in [0.25, 0.3) is 0 Å². The van der Waals surface area contributed by atoms with E-state index in [1.807, 2.05) is 11.6 Å². The number of rotatable bonds is 5. The van der Waals surface area contributed by atoms with Gasteiger partial charge in [0.05, 0.1) is 11.7 Å². The van der Waals surface area contributed by atoms with E-state index in [4.69, 9.17) is 0 Å². The van der Waals surface area contributed by atoms with Crippen LogP contribution >= 0.6 is 0 Å². The lowest BCUT2D eigenvalue weighted by atomic mass is 10.1. The Morgan fingerprint density at radius 3 is 3.05 bits per heavy atom. The minimum absolute atomic E-state index is 0.0112. The number of hydrogen-bond acceptors (Lipinski definition) is 3. The van der Waals surface area contributed by atoms with E-state index in [2.05, 4.69) is 28.7 Å². The van der Waals surface area contributed by atoms with E-state index in [-0.39, 0.29) is 11.9 Å². The third kappa shape index (κ3) is 4.06. The van der Waals surface area contributed by atoms with Gasteiger partial charge >= 0.3 is 0 Å². The van der Waals surface area contributed by atoms with Crippen LogP contribution in [0.3, 0.4) is 0 Å². The second kappa shape index (κ2) is 6.70. The SMILES string of the molecule is Cc1cc(C)n(CCCNC2CCCCNC2=O)n1. The maximum atomic E-state index is 11.7. The second-order valence-electron chi connectivity index (χ2n) is 5.30. The highest BCUT2D eigenvalue weighted by Gasteiger charge is 2.19. The molecule has 1 fully saturated rings. The highest BCUT2D eigenvalue weighted by Crippen LogP contribution is 2.06. The van der Waals surface area contributed by atoms with Gasteiger partial charge in [-0.25, -0.2) is 0 Å². The first-order chi connectivity index (χ1) is 9.16. The Bertz CT molecular complexity index is 427. The Balaban J connectivity index is 1.71. The first-order valence-corrected chi connectivity index (χ1v) is 7.19. The van der Waals surface area contributed by atoms with Crippen molar-refractivity contribution in [3.63, 3.8) is 0 Å². The van der Waals surface area contributed by atoms with E-state index in [9.17, 15) is 4.79 Å². The molecule has 0 aromatic carbocycles. The lowest BCUT2D eigenvalue weighted by Crippen LogP contribution is -2.43. The summed E-state index contributed by atoms with van der Waals surface area (Å²) in [6.07, 6.45) is 4.15. The van der Waals surface area contributed by atoms with Crippen LogP contribution in [0.1, 0.15) is 37.1 Å². The molecule has 0 bridgehead atoms. The van der Waals surface area contributed by atoms with Crippen molar-refractivity contribution in [2.45, 2.75) is 52.1 Å². The molecule has 1 aliphatic heterocycles. The first kappa shape index (κ1) is 14.1. The average Bonchev–Trinajstić information content (AvgIpc) is 2.57. The summed E-state index contributed by atoms with van der Waals surface area (Å²) in [5.74, 6) is 0.156. The highest BCUT2D eigenvalue weighted by atomic mass is 16.2. The topological polar surface area (TPSA) is 59.0 Å². The van der Waals surface area contributed by atoms with Crippen LogP contribution in [-0.2, 0) is 11.3 Å². The van der Waals surface area contributed by atoms with Crippen LogP contribution in [0.15, 0.2) is 6.07 Å². The molecule has 5 heteroatoms. The summed E-state index contributed by atoms with van der Waals surface area (Å²) in [5, 5.41) is 10.7. The van der Waals surface area contributed by atoms with Crippen LogP contribution in [0.4, 0.5) is 0 Å². The number of aryl methyl sites for hydroxylation is 3. The fourth-order valence-electron chi connectivity index (χ4n) is 2.54. The first-order valence-electron chi connectivity index (χ1n) is 7.19. The molecule has 2 N–H and O–H groups in total. The van der Waals surface area contributed by atoms with Gasteiger partial charge < -0.3 is 10.6 Å². The summed E-state index contributed by atoms with van der Waals surface area (Å²) >= 11 is 0. The number of hydrogen-bond donors (Lipinski definition) is 2. The molecule has 1 atom stereocenters. The molecule has 1 unspecified atom stereocenters. The van der Waals surface area contributed by atoms with Crippen LogP contribution in [0.2, 0.25) is 0 Å². The van der Waals surface area contributed by atoms with E-state index < -0.39 is 0 Å². The Morgan fingerprint density at radius 1 is 1.47 bits per heavy atom. The molecular weight excluding hydrogens is 240 g/mol. The minimum Gasteiger partial charge on any atom is -0.355 e. The molecule has 1 saturated heterocycles. The van der Waals surface area contributed by atoms with Crippen molar-refractivity contribution in [2.24, 2.45) is 0 Å². The van der Waals surface area contributed by atoms with Crippen molar-refractivity contribution >= 4 is 5.91 Å². The Labute approximate surface area is 114 Å². The molecule has 0 radical (unpaired) electrons. The minimum atomic E-state index is -0.0112. The number of carbonyl (C=O) groups excluding carboxylic acids is 1. The number of nitrogens with zero attached hydrogens (tertiary/aromatic N) is 2. The molecule has 2 heterocycles. The third-order valence-corrected chi connectivity index (χ3v) is 3.58. The summed E-state index contributed by atoms with van der Waals surface area (Å²) in [7, 11) is 0. The molecule has 106 valence electrons. The normalized spacial score (nSPS) is 20.1. The molecule has 0 spiro atoms. The Hall–Kier alpha value is -1.36. The lowest BCUT2D eigenvalue weighted by molar-refractivity contribution is -0.122. The quantitative estimate of drug-likeness (QED) is 0.784. The van der Waals surface area contributed by atoms with Gasteiger partial charge in [-0.15, -0.1) is 0 Å². The van der Waals surface area contributed by atoms with Crippen molar-refractivity contribution in [3.05, 3.63) is 17.5 Å². The summed E-state index contributed by atoms with van der Waals surface area (Å²) < 4.78 is 2.03. The van der Waals surface area contributed by atoms with E-state index in [0.29, 0.717) is 0 Å². The summed E-state index contributed by atoms with van der Waals surface area (Å²) in [6.45, 7) is 6.67. The number of amides is 1. The number of carbonyl (C=O) groups is 1. The van der Waals surface area contributed by atoms with Crippen LogP contribution < -0.4 is 10.6 Å². The molecule has 2 rings (SSSR count). The summed E-state index contributed by atoms with van der Waals surface area (Å²) in [5.41, 5.74) is 2.26. The predicted molar refractivity (Wildman–Crippen MR) is 75.0 cm³/mol. The van der Waals surface area contributed by atoms with E-state index >= 15 is 0 Å². The van der Waals surface area contributed by atoms with Crippen molar-refractivity contribution in [1.82, 2.24) is 20.4 Å². The van der Waals surface area contributed by atoms with Gasteiger partial charge in [0.15, 0.2) is 0 Å². The highest BCUT2D eigenvalue weighted by molar-refractivity contribution is 5.81. The molecule has 1 aromatic rings. The summed E-state index contributed by atoms with van der Waals surface area (Å²) in [4.78, 5) is 11.7. The van der Waals surface area contributed by atoms with Gasteiger partial charge in [-0.05, 0) is 52.1 Å².